The van der Waals surface area contributed by atoms with E-state index in [0.29, 0.717) is 19.5 Å². The molecule has 5 rings (SSSR count). The van der Waals surface area contributed by atoms with E-state index in [0.717, 1.165) is 45.4 Å². The molecule has 0 bridgehead atoms. The summed E-state index contributed by atoms with van der Waals surface area (Å²) in [6.45, 7) is 5.09. The van der Waals surface area contributed by atoms with Gasteiger partial charge in [-0.15, -0.1) is 11.3 Å². The van der Waals surface area contributed by atoms with Gasteiger partial charge in [-0.1, -0.05) is 17.8 Å². The van der Waals surface area contributed by atoms with Crippen LogP contribution in [0.3, 0.4) is 0 Å². The number of anilines is 2. The molecule has 34 heavy (non-hydrogen) atoms. The molecule has 11 heteroatoms. The Bertz CT molecular complexity index is 1220. The number of nitrogens with zero attached hydrogens (tertiary/aromatic N) is 4. The Labute approximate surface area is 206 Å². The van der Waals surface area contributed by atoms with Crippen LogP contribution >= 0.6 is 23.1 Å². The van der Waals surface area contributed by atoms with Crippen molar-refractivity contribution in [2.24, 2.45) is 0 Å². The van der Waals surface area contributed by atoms with E-state index in [2.05, 4.69) is 31.8 Å². The highest BCUT2D eigenvalue weighted by molar-refractivity contribution is 8.00. The Morgan fingerprint density at radius 2 is 2.24 bits per heavy atom. The largest absolute Gasteiger partial charge is 0.496 e. The predicted molar refractivity (Wildman–Crippen MR) is 134 cm³/mol. The van der Waals surface area contributed by atoms with Crippen molar-refractivity contribution in [2.45, 2.75) is 49.6 Å². The molecule has 3 aromatic rings. The van der Waals surface area contributed by atoms with E-state index in [9.17, 15) is 4.79 Å². The zero-order valence-corrected chi connectivity index (χ0v) is 20.9. The first-order chi connectivity index (χ1) is 16.4. The number of methoxy groups -OCH3 is 1. The number of rotatable bonds is 7. The summed E-state index contributed by atoms with van der Waals surface area (Å²) < 4.78 is 5.57. The van der Waals surface area contributed by atoms with Crippen molar-refractivity contribution < 1.29 is 9.53 Å². The Kier molecular flexibility index (Phi) is 6.32. The maximum Gasteiger partial charge on any atom is 0.233 e. The van der Waals surface area contributed by atoms with Crippen molar-refractivity contribution >= 4 is 40.8 Å². The zero-order chi connectivity index (χ0) is 23.8. The molecular weight excluding hydrogens is 470 g/mol. The number of thiophene rings is 1. The molecule has 178 valence electrons. The molecule has 5 heterocycles. The molecule has 9 nitrogen and oxygen atoms in total. The molecule has 0 radical (unpaired) electrons. The summed E-state index contributed by atoms with van der Waals surface area (Å²) in [6.07, 6.45) is 3.29. The monoisotopic (exact) mass is 497 g/mol. The topological polar surface area (TPSA) is 118 Å². The van der Waals surface area contributed by atoms with Gasteiger partial charge in [0.05, 0.1) is 30.6 Å². The first-order valence-electron chi connectivity index (χ1n) is 11.1. The van der Waals surface area contributed by atoms with E-state index in [4.69, 9.17) is 10.5 Å². The third kappa shape index (κ3) is 4.30. The van der Waals surface area contributed by atoms with Gasteiger partial charge in [0, 0.05) is 34.3 Å². The summed E-state index contributed by atoms with van der Waals surface area (Å²) in [7, 11) is 1.67. The lowest BCUT2D eigenvalue weighted by molar-refractivity contribution is -0.120. The maximum absolute atomic E-state index is 13.0. The minimum atomic E-state index is -0.255. The van der Waals surface area contributed by atoms with Crippen LogP contribution in [0.1, 0.15) is 39.7 Å². The number of hydrazine groups is 1. The smallest absolute Gasteiger partial charge is 0.233 e. The standard InChI is InChI=1S/C23H27N7O2S2/c1-12-10-26-16(13(2)19(12)32-3)11-30-20-18-15(29-30)9-17(34-22(18)28-23(24)27-20)21(31)25-7-6-14-5-4-8-33-14/h4-5,8,10,15,17,29H,6-7,9,11H2,1-3H3,(H,25,31)(H2,24,27,28). The van der Waals surface area contributed by atoms with Gasteiger partial charge in [-0.05, 0) is 38.1 Å². The summed E-state index contributed by atoms with van der Waals surface area (Å²) in [6, 6.07) is 4.05. The predicted octanol–water partition coefficient (Wildman–Crippen LogP) is 2.93. The molecule has 4 N–H and O–H groups in total. The summed E-state index contributed by atoms with van der Waals surface area (Å²) in [4.78, 5) is 27.8. The van der Waals surface area contributed by atoms with Gasteiger partial charge < -0.3 is 15.8 Å². The number of pyridine rings is 1. The average Bonchev–Trinajstić information content (AvgIpc) is 3.44. The van der Waals surface area contributed by atoms with E-state index >= 15 is 0 Å². The van der Waals surface area contributed by atoms with Crippen LogP contribution in [0.2, 0.25) is 0 Å². The highest BCUT2D eigenvalue weighted by atomic mass is 32.2. The number of amides is 1. The Balaban J connectivity index is 1.33. The molecule has 0 saturated heterocycles. The number of hydrogen-bond donors (Lipinski definition) is 3. The van der Waals surface area contributed by atoms with Gasteiger partial charge in [-0.2, -0.15) is 4.98 Å². The van der Waals surface area contributed by atoms with E-state index < -0.39 is 0 Å². The number of aryl methyl sites for hydroxylation is 1. The molecule has 0 spiro atoms. The van der Waals surface area contributed by atoms with E-state index in [1.807, 2.05) is 36.5 Å². The zero-order valence-electron chi connectivity index (χ0n) is 19.3. The van der Waals surface area contributed by atoms with Crippen LogP contribution in [-0.4, -0.2) is 39.8 Å². The van der Waals surface area contributed by atoms with Crippen molar-refractivity contribution in [3.8, 4) is 5.75 Å². The van der Waals surface area contributed by atoms with Crippen LogP contribution in [0.15, 0.2) is 28.7 Å². The lowest BCUT2D eigenvalue weighted by atomic mass is 10.0. The van der Waals surface area contributed by atoms with Crippen molar-refractivity contribution in [2.75, 3.05) is 24.4 Å². The molecule has 0 aromatic carbocycles. The van der Waals surface area contributed by atoms with Gasteiger partial charge in [-0.25, -0.2) is 10.4 Å². The van der Waals surface area contributed by atoms with Crippen molar-refractivity contribution in [3.05, 3.63) is 51.0 Å². The number of hydrogen-bond acceptors (Lipinski definition) is 10. The van der Waals surface area contributed by atoms with Crippen molar-refractivity contribution in [1.29, 1.82) is 0 Å². The van der Waals surface area contributed by atoms with Gasteiger partial charge in [0.2, 0.25) is 11.9 Å². The van der Waals surface area contributed by atoms with Crippen LogP contribution in [0, 0.1) is 13.8 Å². The average molecular weight is 498 g/mol. The van der Waals surface area contributed by atoms with Crippen LogP contribution in [0.4, 0.5) is 11.8 Å². The van der Waals surface area contributed by atoms with Crippen molar-refractivity contribution in [3.63, 3.8) is 0 Å². The Morgan fingerprint density at radius 3 is 3.00 bits per heavy atom. The fourth-order valence-electron chi connectivity index (χ4n) is 4.47. The molecule has 1 amide bonds. The highest BCUT2D eigenvalue weighted by Gasteiger charge is 2.41. The van der Waals surface area contributed by atoms with Crippen LogP contribution in [-0.2, 0) is 17.8 Å². The normalized spacial score (nSPS) is 18.6. The number of nitrogen functional groups attached to an aromatic ring is 1. The second-order valence-corrected chi connectivity index (χ2v) is 10.6. The molecule has 0 fully saturated rings. The SMILES string of the molecule is COc1c(C)cnc(CN2NC3CC(C(=O)NCCc4cccs4)Sc4nc(N)nc2c43)c1C. The molecule has 0 aliphatic carbocycles. The van der Waals surface area contributed by atoms with E-state index in [1.54, 1.807) is 18.4 Å². The summed E-state index contributed by atoms with van der Waals surface area (Å²) in [5.41, 5.74) is 13.4. The van der Waals surface area contributed by atoms with E-state index in [1.165, 1.54) is 16.6 Å². The summed E-state index contributed by atoms with van der Waals surface area (Å²) >= 11 is 3.16. The molecule has 2 unspecified atom stereocenters. The second kappa shape index (κ2) is 9.40. The number of nitrogens with one attached hydrogen (secondary N) is 2. The molecule has 2 aliphatic heterocycles. The Hall–Kier alpha value is -2.89. The first kappa shape index (κ1) is 22.9. The molecule has 2 aliphatic rings. The fourth-order valence-corrected chi connectivity index (χ4v) is 6.44. The lowest BCUT2D eigenvalue weighted by Gasteiger charge is -2.26. The maximum atomic E-state index is 13.0. The minimum Gasteiger partial charge on any atom is -0.496 e. The summed E-state index contributed by atoms with van der Waals surface area (Å²) in [5, 5.41) is 7.60. The molecule has 3 aromatic heterocycles. The van der Waals surface area contributed by atoms with Gasteiger partial charge in [0.25, 0.3) is 0 Å². The van der Waals surface area contributed by atoms with Gasteiger partial charge in [0.15, 0.2) is 5.82 Å². The third-order valence-electron chi connectivity index (χ3n) is 6.13. The van der Waals surface area contributed by atoms with Gasteiger partial charge in [-0.3, -0.25) is 14.8 Å². The summed E-state index contributed by atoms with van der Waals surface area (Å²) in [5.74, 6) is 1.80. The lowest BCUT2D eigenvalue weighted by Crippen LogP contribution is -2.40. The highest BCUT2D eigenvalue weighted by Crippen LogP contribution is 2.47. The molecular formula is C23H27N7O2S2. The van der Waals surface area contributed by atoms with Gasteiger partial charge >= 0.3 is 0 Å². The number of nitrogens with two attached hydrogens (primary N) is 1. The minimum absolute atomic E-state index is 0.0203. The van der Waals surface area contributed by atoms with Crippen LogP contribution in [0.5, 0.6) is 5.75 Å². The third-order valence-corrected chi connectivity index (χ3v) is 8.29. The number of carbonyl (C=O) groups excluding carboxylic acids is 1. The first-order valence-corrected chi connectivity index (χ1v) is 12.9. The quantitative estimate of drug-likeness (QED) is 0.423. The molecule has 0 saturated carbocycles. The number of thioether (sulfide) groups is 1. The van der Waals surface area contributed by atoms with Gasteiger partial charge in [0.1, 0.15) is 10.8 Å². The second-order valence-electron chi connectivity index (χ2n) is 8.40. The number of ether oxygens (including phenoxy) is 1. The van der Waals surface area contributed by atoms with Crippen molar-refractivity contribution in [1.82, 2.24) is 25.7 Å². The Morgan fingerprint density at radius 1 is 1.38 bits per heavy atom. The fraction of sp³-hybridized carbons (Fsp3) is 0.391. The number of carbonyl (C=O) groups is 1. The van der Waals surface area contributed by atoms with Crippen LogP contribution in [0.25, 0.3) is 0 Å². The van der Waals surface area contributed by atoms with Crippen LogP contribution < -0.4 is 26.2 Å². The van der Waals surface area contributed by atoms with E-state index in [-0.39, 0.29) is 23.1 Å². The number of aromatic nitrogens is 3. The molecule has 2 atom stereocenters.